The Morgan fingerprint density at radius 1 is 0.337 bits per heavy atom. The molecule has 0 fully saturated rings. The number of nitrogens with zero attached hydrogens (tertiary/aromatic N) is 1. The highest BCUT2D eigenvalue weighted by atomic mass is 16.7. The molecule has 0 aliphatic carbocycles. The zero-order chi connectivity index (χ0) is 64.7. The third-order valence-corrected chi connectivity index (χ3v) is 17.9. The van der Waals surface area contributed by atoms with Crippen molar-refractivity contribution in [1.82, 2.24) is 0 Å². The normalized spacial score (nSPS) is 12.8. The van der Waals surface area contributed by atoms with E-state index in [0.29, 0.717) is 17.4 Å². The molecule has 9 nitrogen and oxygen atoms in total. The van der Waals surface area contributed by atoms with E-state index in [4.69, 9.17) is 18.9 Å². The second kappa shape index (κ2) is 71.4. The summed E-state index contributed by atoms with van der Waals surface area (Å²) in [5.41, 5.74) is 0. The van der Waals surface area contributed by atoms with Crippen LogP contribution in [0.25, 0.3) is 0 Å². The number of rotatable bonds is 74. The topological polar surface area (TPSA) is 108 Å². The van der Waals surface area contributed by atoms with Gasteiger partial charge in [0.25, 0.3) is 6.29 Å². The fourth-order valence-corrected chi connectivity index (χ4v) is 11.9. The molecule has 0 aliphatic heterocycles. The van der Waals surface area contributed by atoms with Crippen LogP contribution < -0.4 is 0 Å². The predicted molar refractivity (Wildman–Crippen MR) is 383 cm³/mol. The Morgan fingerprint density at radius 3 is 0.899 bits per heavy atom. The van der Waals surface area contributed by atoms with E-state index in [2.05, 4.69) is 50.3 Å². The number of carboxylic acids is 1. The van der Waals surface area contributed by atoms with Gasteiger partial charge < -0.3 is 28.5 Å². The van der Waals surface area contributed by atoms with E-state index in [1.807, 2.05) is 21.1 Å². The van der Waals surface area contributed by atoms with Crippen LogP contribution in [0.15, 0.2) is 36.5 Å². The van der Waals surface area contributed by atoms with Gasteiger partial charge in [-0.25, -0.2) is 4.79 Å². The maximum absolute atomic E-state index is 13.0. The van der Waals surface area contributed by atoms with Crippen molar-refractivity contribution < 1.29 is 42.9 Å². The first-order chi connectivity index (χ1) is 43.6. The van der Waals surface area contributed by atoms with E-state index in [1.165, 1.54) is 321 Å². The van der Waals surface area contributed by atoms with Crippen LogP contribution in [0.4, 0.5) is 0 Å². The van der Waals surface area contributed by atoms with Crippen LogP contribution in [0.1, 0.15) is 399 Å². The molecule has 0 saturated carbocycles. The number of carboxylic acid groups (broad SMARTS) is 1. The molecule has 0 amide bonds. The molecule has 0 saturated heterocycles. The molecule has 524 valence electrons. The van der Waals surface area contributed by atoms with E-state index in [0.717, 1.165) is 51.4 Å². The Morgan fingerprint density at radius 2 is 0.607 bits per heavy atom. The molecule has 89 heavy (non-hydrogen) atoms. The van der Waals surface area contributed by atoms with Crippen molar-refractivity contribution in [2.45, 2.75) is 411 Å². The smallest absolute Gasteiger partial charge is 0.361 e. The molecular weight excluding hydrogens is 1100 g/mol. The fourth-order valence-electron chi connectivity index (χ4n) is 11.9. The van der Waals surface area contributed by atoms with Gasteiger partial charge in [0.05, 0.1) is 34.4 Å². The van der Waals surface area contributed by atoms with Crippen molar-refractivity contribution in [2.24, 2.45) is 0 Å². The van der Waals surface area contributed by atoms with Gasteiger partial charge in [-0.3, -0.25) is 9.59 Å². The van der Waals surface area contributed by atoms with Crippen LogP contribution >= 0.6 is 0 Å². The second-order valence-corrected chi connectivity index (χ2v) is 28.0. The van der Waals surface area contributed by atoms with Crippen molar-refractivity contribution in [1.29, 1.82) is 0 Å². The Labute approximate surface area is 553 Å². The zero-order valence-electron chi connectivity index (χ0n) is 60.1. The SMILES string of the molecule is CCCCCCC/C=C\C/C=C\C/C=C\CCCCCCCCCCCCCCCCCCCCCCCCC(=O)OC(COC(=O)CCCCCCCCCCCCCCCCCCCCCCCCCCCCC)COC(OCC[N+](C)(C)C)C(=O)O. The molecular formula is C80H152NO8+. The summed E-state index contributed by atoms with van der Waals surface area (Å²) in [6.45, 7) is 4.95. The van der Waals surface area contributed by atoms with Gasteiger partial charge in [-0.05, 0) is 51.4 Å². The van der Waals surface area contributed by atoms with Crippen molar-refractivity contribution in [3.05, 3.63) is 36.5 Å². The van der Waals surface area contributed by atoms with E-state index in [9.17, 15) is 19.5 Å². The number of ether oxygens (including phenoxy) is 4. The highest BCUT2D eigenvalue weighted by Gasteiger charge is 2.25. The molecule has 9 heteroatoms. The molecule has 0 aromatic heterocycles. The summed E-state index contributed by atoms with van der Waals surface area (Å²) >= 11 is 0. The van der Waals surface area contributed by atoms with Gasteiger partial charge in [-0.1, -0.05) is 371 Å². The minimum absolute atomic E-state index is 0.174. The molecule has 0 aliphatic rings. The molecule has 0 aromatic rings. The third-order valence-electron chi connectivity index (χ3n) is 17.9. The number of hydrogen-bond acceptors (Lipinski definition) is 7. The van der Waals surface area contributed by atoms with E-state index < -0.39 is 18.4 Å². The first-order valence-corrected chi connectivity index (χ1v) is 39.2. The highest BCUT2D eigenvalue weighted by Crippen LogP contribution is 2.20. The minimum atomic E-state index is -1.51. The lowest BCUT2D eigenvalue weighted by atomic mass is 10.0. The Hall–Kier alpha value is -2.49. The van der Waals surface area contributed by atoms with Crippen LogP contribution in [0.2, 0.25) is 0 Å². The molecule has 0 rings (SSSR count). The third kappa shape index (κ3) is 72.8. The molecule has 1 N–H and O–H groups in total. The highest BCUT2D eigenvalue weighted by molar-refractivity contribution is 5.71. The number of aliphatic carboxylic acids is 1. The number of quaternary nitrogens is 1. The number of unbranched alkanes of at least 4 members (excludes halogenated alkanes) is 53. The van der Waals surface area contributed by atoms with Gasteiger partial charge in [-0.15, -0.1) is 0 Å². The number of hydrogen-bond donors (Lipinski definition) is 1. The minimum Gasteiger partial charge on any atom is -0.477 e. The quantitative estimate of drug-likeness (QED) is 0.0211. The number of carbonyl (C=O) groups is 3. The zero-order valence-corrected chi connectivity index (χ0v) is 60.1. The summed E-state index contributed by atoms with van der Waals surface area (Å²) in [4.78, 5) is 37.7. The van der Waals surface area contributed by atoms with Crippen LogP contribution in [0.3, 0.4) is 0 Å². The average Bonchev–Trinajstić information content (AvgIpc) is 3.70. The summed E-state index contributed by atoms with van der Waals surface area (Å²) in [6.07, 6.45) is 88.7. The molecule has 0 bridgehead atoms. The summed E-state index contributed by atoms with van der Waals surface area (Å²) in [5, 5.41) is 9.77. The fraction of sp³-hybridized carbons (Fsp3) is 0.887. The second-order valence-electron chi connectivity index (χ2n) is 28.0. The summed E-state index contributed by atoms with van der Waals surface area (Å²) in [7, 11) is 6.00. The summed E-state index contributed by atoms with van der Waals surface area (Å²) in [5.74, 6) is -1.97. The Balaban J connectivity index is 3.98. The standard InChI is InChI=1S/C80H151NO8/c1-6-8-10-12-14-16-18-20-22-24-26-28-30-32-34-35-36-37-38-39-40-41-42-43-45-47-49-51-53-55-57-59-61-63-65-67-69-71-78(83)89-76(75-88-80(79(84)85)86-73-72-81(3,4)5)74-87-77(82)70-68-66-64-62-60-58-56-54-52-50-48-46-44-33-31-29-27-25-23-21-19-17-15-13-11-9-7-2/h18,20,24,26,30,32,76,80H,6-17,19,21-23,25,27-29,31,33-75H2,1-5H3/p+1/b20-18-,26-24-,32-30-. The first-order valence-electron chi connectivity index (χ1n) is 39.2. The molecule has 0 radical (unpaired) electrons. The average molecular weight is 1260 g/mol. The van der Waals surface area contributed by atoms with Crippen molar-refractivity contribution >= 4 is 17.9 Å². The van der Waals surface area contributed by atoms with Crippen LogP contribution in [0, 0.1) is 0 Å². The Kier molecular flexibility index (Phi) is 69.4. The Bertz CT molecular complexity index is 1550. The predicted octanol–water partition coefficient (Wildman–Crippen LogP) is 24.7. The van der Waals surface area contributed by atoms with E-state index in [1.54, 1.807) is 0 Å². The largest absolute Gasteiger partial charge is 0.477 e. The van der Waals surface area contributed by atoms with E-state index >= 15 is 0 Å². The van der Waals surface area contributed by atoms with Crippen LogP contribution in [-0.2, 0) is 33.3 Å². The van der Waals surface area contributed by atoms with Gasteiger partial charge >= 0.3 is 17.9 Å². The lowest BCUT2D eigenvalue weighted by Crippen LogP contribution is -2.40. The number of allylic oxidation sites excluding steroid dienone is 6. The molecule has 0 spiro atoms. The molecule has 2 unspecified atom stereocenters. The number of likely N-dealkylation sites (N-methyl/N-ethyl adjacent to an activating group) is 1. The monoisotopic (exact) mass is 1260 g/mol. The summed E-state index contributed by atoms with van der Waals surface area (Å²) < 4.78 is 23.1. The molecule has 2 atom stereocenters. The maximum atomic E-state index is 13.0. The lowest BCUT2D eigenvalue weighted by Gasteiger charge is -2.25. The first kappa shape index (κ1) is 86.5. The van der Waals surface area contributed by atoms with E-state index in [-0.39, 0.29) is 38.2 Å². The number of carbonyl (C=O) groups excluding carboxylic acids is 2. The maximum Gasteiger partial charge on any atom is 0.361 e. The van der Waals surface area contributed by atoms with Crippen molar-refractivity contribution in [3.8, 4) is 0 Å². The number of esters is 2. The lowest BCUT2D eigenvalue weighted by molar-refractivity contribution is -0.870. The van der Waals surface area contributed by atoms with Gasteiger partial charge in [0, 0.05) is 12.8 Å². The van der Waals surface area contributed by atoms with Gasteiger partial charge in [0.1, 0.15) is 13.2 Å². The molecule has 0 aromatic carbocycles. The van der Waals surface area contributed by atoms with Crippen LogP contribution in [-0.4, -0.2) is 87.4 Å². The van der Waals surface area contributed by atoms with Crippen molar-refractivity contribution in [2.75, 3.05) is 47.5 Å². The van der Waals surface area contributed by atoms with Gasteiger partial charge in [0.15, 0.2) is 6.10 Å². The summed E-state index contributed by atoms with van der Waals surface area (Å²) in [6, 6.07) is 0. The van der Waals surface area contributed by atoms with Crippen LogP contribution in [0.5, 0.6) is 0 Å². The van der Waals surface area contributed by atoms with Gasteiger partial charge in [-0.2, -0.15) is 0 Å². The van der Waals surface area contributed by atoms with Crippen molar-refractivity contribution in [3.63, 3.8) is 0 Å². The molecule has 0 heterocycles. The van der Waals surface area contributed by atoms with Gasteiger partial charge in [0.2, 0.25) is 0 Å².